The summed E-state index contributed by atoms with van der Waals surface area (Å²) in [6, 6.07) is -5.22. The Hall–Kier alpha value is -2.86. The maximum absolute atomic E-state index is 11.8. The number of aliphatic imine (C=N–C) groups is 1. The molecule has 26 heavy (non-hydrogen) atoms. The molecule has 0 aromatic rings. The highest BCUT2D eigenvalue weighted by Crippen LogP contribution is 2.26. The van der Waals surface area contributed by atoms with E-state index in [0.717, 1.165) is 6.61 Å². The van der Waals surface area contributed by atoms with Gasteiger partial charge < -0.3 is 4.74 Å². The van der Waals surface area contributed by atoms with Crippen LogP contribution in [0, 0.1) is 26.5 Å². The van der Waals surface area contributed by atoms with Crippen molar-refractivity contribution in [1.29, 1.82) is 0 Å². The largest absolute Gasteiger partial charge is 0.478 e. The number of ether oxygens (including phenoxy) is 1. The van der Waals surface area contributed by atoms with Gasteiger partial charge in [0.2, 0.25) is 24.2 Å². The van der Waals surface area contributed by atoms with E-state index in [2.05, 4.69) is 29.5 Å². The highest BCUT2D eigenvalue weighted by molar-refractivity contribution is 5.84. The molecule has 0 saturated heterocycles. The third kappa shape index (κ3) is 5.60. The monoisotopic (exact) mass is 359 g/mol. The van der Waals surface area contributed by atoms with Crippen LogP contribution in [-0.2, 0) is 34.4 Å². The van der Waals surface area contributed by atoms with Crippen molar-refractivity contribution >= 4 is 23.7 Å². The fraction of sp³-hybridized carbons (Fsp3) is 0.357. The summed E-state index contributed by atoms with van der Waals surface area (Å²) in [7, 11) is 0. The van der Waals surface area contributed by atoms with Gasteiger partial charge >= 0.3 is 5.97 Å². The van der Waals surface area contributed by atoms with Crippen LogP contribution in [0.15, 0.2) is 10.8 Å². The average Bonchev–Trinajstić information content (AvgIpc) is 2.52. The Morgan fingerprint density at radius 3 is 2.27 bits per heavy atom. The quantitative estimate of drug-likeness (QED) is 0.340. The van der Waals surface area contributed by atoms with Crippen LogP contribution in [0.3, 0.4) is 0 Å². The molecule has 0 aliphatic carbocycles. The van der Waals surface area contributed by atoms with Gasteiger partial charge in [0, 0.05) is 19.9 Å². The number of rotatable bonds is 7. The van der Waals surface area contributed by atoms with Crippen molar-refractivity contribution in [3.63, 3.8) is 0 Å². The molecule has 14 radical (unpaired) electrons. The molecule has 1 aliphatic rings. The molecule has 1 heterocycles. The minimum Gasteiger partial charge on any atom is -0.478 e. The van der Waals surface area contributed by atoms with E-state index in [1.807, 2.05) is 6.08 Å². The first kappa shape index (κ1) is 21.2. The first-order valence-electron chi connectivity index (χ1n) is 6.71. The van der Waals surface area contributed by atoms with Crippen molar-refractivity contribution in [1.82, 2.24) is 22.1 Å². The molecule has 0 saturated carbocycles. The number of nitrogens with zero attached hydrogens (tertiary/aromatic N) is 5. The zero-order valence-corrected chi connectivity index (χ0v) is 12.9. The third-order valence-corrected chi connectivity index (χ3v) is 2.98. The van der Waals surface area contributed by atoms with Crippen molar-refractivity contribution in [2.45, 2.75) is 30.3 Å². The molecule has 2 amide bonds. The summed E-state index contributed by atoms with van der Waals surface area (Å²) >= 11 is 0. The van der Waals surface area contributed by atoms with Crippen LogP contribution in [0.2, 0.25) is 0 Å². The number of carbonyl (C=O) groups excluding carboxylic acids is 3. The van der Waals surface area contributed by atoms with Crippen LogP contribution >= 0.6 is 0 Å². The van der Waals surface area contributed by atoms with Gasteiger partial charge in [0.25, 0.3) is 5.96 Å². The molecule has 0 spiro atoms. The molecule has 1 rings (SSSR count). The molecule has 1 aliphatic heterocycles. The highest BCUT2D eigenvalue weighted by Gasteiger charge is 2.47. The van der Waals surface area contributed by atoms with Crippen LogP contribution in [0.4, 0.5) is 0 Å². The SMILES string of the molecule is [CH2]C(=O)[N][C@@H]([C@@H]1OC(C([O])=O)=[C][C@H](N=C([N])[N])[C@H]1[N]C([CH2])=O)[C@H]([O])[C][O]. The standard InChI is InChI=1S/C14H9N5O7/c1-5(21)17-10-7(19-14(15)16)3-9(13(24)25)26-12(10)11(8(23)4-20)18-6(2)22/h7-8,10-12H,1-2H2/t7-,8+,10+,11+,12+/m0/s1. The summed E-state index contributed by atoms with van der Waals surface area (Å²) in [5.41, 5.74) is 17.8. The fourth-order valence-electron chi connectivity index (χ4n) is 2.11. The zero-order valence-electron chi connectivity index (χ0n) is 12.9. The molecular weight excluding hydrogens is 350 g/mol. The summed E-state index contributed by atoms with van der Waals surface area (Å²) in [4.78, 5) is 36.7. The second-order valence-corrected chi connectivity index (χ2v) is 4.78. The smallest absolute Gasteiger partial charge is 0.420 e. The van der Waals surface area contributed by atoms with E-state index in [9.17, 15) is 29.7 Å². The van der Waals surface area contributed by atoms with E-state index in [1.54, 1.807) is 0 Å². The summed E-state index contributed by atoms with van der Waals surface area (Å²) in [6.45, 7) is 6.87. The van der Waals surface area contributed by atoms with Gasteiger partial charge in [-0.3, -0.25) is 9.59 Å². The molecule has 0 unspecified atom stereocenters. The summed E-state index contributed by atoms with van der Waals surface area (Å²) in [5.74, 6) is -6.75. The Morgan fingerprint density at radius 1 is 1.23 bits per heavy atom. The number of hydrogen-bond donors (Lipinski definition) is 0. The Morgan fingerprint density at radius 2 is 1.85 bits per heavy atom. The molecule has 0 fully saturated rings. The molecule has 12 heteroatoms. The summed E-state index contributed by atoms with van der Waals surface area (Å²) in [5, 5.41) is 40.3. The van der Waals surface area contributed by atoms with E-state index in [0.29, 0.717) is 0 Å². The lowest BCUT2D eigenvalue weighted by atomic mass is 9.90. The topological polar surface area (TPSA) is 205 Å². The van der Waals surface area contributed by atoms with Crippen LogP contribution in [0.5, 0.6) is 0 Å². The predicted octanol–water partition coefficient (Wildman–Crippen LogP) is -3.17. The van der Waals surface area contributed by atoms with Crippen molar-refractivity contribution in [2.75, 3.05) is 0 Å². The van der Waals surface area contributed by atoms with Gasteiger partial charge in [0.15, 0.2) is 6.10 Å². The second-order valence-electron chi connectivity index (χ2n) is 4.78. The Bertz CT molecular complexity index is 617. The number of guanidine groups is 1. The molecule has 12 nitrogen and oxygen atoms in total. The molecule has 0 N–H and O–H groups in total. The molecule has 0 aromatic heterocycles. The molecule has 0 aromatic carbocycles. The lowest BCUT2D eigenvalue weighted by Crippen LogP contribution is -2.60. The number of hydrogen-bond acceptors (Lipinski definition) is 5. The van der Waals surface area contributed by atoms with E-state index >= 15 is 0 Å². The van der Waals surface area contributed by atoms with Gasteiger partial charge in [-0.15, -0.1) is 11.5 Å². The van der Waals surface area contributed by atoms with Crippen LogP contribution < -0.4 is 22.1 Å². The zero-order chi connectivity index (χ0) is 20.0. The number of amides is 2. The van der Waals surface area contributed by atoms with Gasteiger partial charge in [-0.2, -0.15) is 0 Å². The Balaban J connectivity index is 3.43. The first-order chi connectivity index (χ1) is 12.1. The van der Waals surface area contributed by atoms with Crippen LogP contribution in [0.1, 0.15) is 0 Å². The Labute approximate surface area is 148 Å². The van der Waals surface area contributed by atoms with Crippen LogP contribution in [0.25, 0.3) is 0 Å². The fourth-order valence-corrected chi connectivity index (χ4v) is 2.11. The predicted molar refractivity (Wildman–Crippen MR) is 73.8 cm³/mol. The van der Waals surface area contributed by atoms with Crippen molar-refractivity contribution in [2.24, 2.45) is 4.99 Å². The third-order valence-electron chi connectivity index (χ3n) is 2.98. The summed E-state index contributed by atoms with van der Waals surface area (Å²) in [6.07, 6.45) is -2.13. The highest BCUT2D eigenvalue weighted by atomic mass is 16.5. The number of carbonyl (C=O) groups is 3. The first-order valence-corrected chi connectivity index (χ1v) is 6.71. The van der Waals surface area contributed by atoms with Crippen molar-refractivity contribution < 1.29 is 34.4 Å². The van der Waals surface area contributed by atoms with E-state index < -0.39 is 59.8 Å². The van der Waals surface area contributed by atoms with E-state index in [-0.39, 0.29) is 0 Å². The second kappa shape index (κ2) is 9.01. The molecule has 5 atom stereocenters. The maximum atomic E-state index is 11.8. The molecule has 132 valence electrons. The minimum absolute atomic E-state index is 1.01. The normalized spacial score (nSPS) is 24.3. The van der Waals surface area contributed by atoms with Gasteiger partial charge in [-0.1, -0.05) is 0 Å². The Kier molecular flexibility index (Phi) is 7.34. The molecule has 0 bridgehead atoms. The van der Waals surface area contributed by atoms with Gasteiger partial charge in [0.1, 0.15) is 24.2 Å². The van der Waals surface area contributed by atoms with Crippen molar-refractivity contribution in [3.05, 3.63) is 32.3 Å². The van der Waals surface area contributed by atoms with Gasteiger partial charge in [0.05, 0.1) is 0 Å². The van der Waals surface area contributed by atoms with Gasteiger partial charge in [-0.05, 0) is 0 Å². The molecular formula is C14H9N5O7. The van der Waals surface area contributed by atoms with E-state index in [1.165, 1.54) is 0 Å². The van der Waals surface area contributed by atoms with Crippen LogP contribution in [-0.4, -0.2) is 54.1 Å². The van der Waals surface area contributed by atoms with Gasteiger partial charge in [-0.25, -0.2) is 35.7 Å². The lowest BCUT2D eigenvalue weighted by Gasteiger charge is -2.37. The minimum atomic E-state index is -2.35. The average molecular weight is 359 g/mol. The lowest BCUT2D eigenvalue weighted by molar-refractivity contribution is -0.147. The van der Waals surface area contributed by atoms with E-state index in [4.69, 9.17) is 16.2 Å². The maximum Gasteiger partial charge on any atom is 0.420 e. The summed E-state index contributed by atoms with van der Waals surface area (Å²) < 4.78 is 4.94. The van der Waals surface area contributed by atoms with Crippen molar-refractivity contribution in [3.8, 4) is 0 Å².